The zero-order valence-corrected chi connectivity index (χ0v) is 14.2. The first-order valence-corrected chi connectivity index (χ1v) is 8.56. The molecule has 1 saturated carbocycles. The van der Waals surface area contributed by atoms with Crippen molar-refractivity contribution in [1.29, 1.82) is 0 Å². The van der Waals surface area contributed by atoms with Crippen LogP contribution in [0, 0.1) is 6.92 Å². The molecular weight excluding hydrogens is 288 g/mol. The maximum Gasteiger partial charge on any atom is 0.191 e. The number of morpholine rings is 1. The van der Waals surface area contributed by atoms with Crippen molar-refractivity contribution in [3.63, 3.8) is 0 Å². The molecule has 0 bridgehead atoms. The van der Waals surface area contributed by atoms with E-state index in [9.17, 15) is 0 Å². The Kier molecular flexibility index (Phi) is 5.18. The lowest BCUT2D eigenvalue weighted by atomic mass is 10.0. The highest BCUT2D eigenvalue weighted by molar-refractivity contribution is 5.78. The van der Waals surface area contributed by atoms with Gasteiger partial charge in [0.2, 0.25) is 0 Å². The van der Waals surface area contributed by atoms with Crippen LogP contribution < -0.4 is 5.73 Å². The largest absolute Gasteiger partial charge is 0.379 e. The highest BCUT2D eigenvalue weighted by Gasteiger charge is 2.28. The summed E-state index contributed by atoms with van der Waals surface area (Å²) in [6, 6.07) is 9.64. The molecule has 2 fully saturated rings. The SMILES string of the molecule is Cc1ccc(C(CN=C(N)N(C)C2CC2)N2CCOCC2)cc1. The fraction of sp³-hybridized carbons (Fsp3) is 0.611. The molecule has 1 aliphatic carbocycles. The van der Waals surface area contributed by atoms with Crippen molar-refractivity contribution in [1.82, 2.24) is 9.80 Å². The van der Waals surface area contributed by atoms with Crippen molar-refractivity contribution in [2.24, 2.45) is 10.7 Å². The maximum absolute atomic E-state index is 6.17. The first kappa shape index (κ1) is 16.3. The van der Waals surface area contributed by atoms with Crippen molar-refractivity contribution in [3.8, 4) is 0 Å². The number of hydrogen-bond donors (Lipinski definition) is 1. The van der Waals surface area contributed by atoms with Crippen LogP contribution in [-0.4, -0.2) is 61.7 Å². The Bertz CT molecular complexity index is 532. The van der Waals surface area contributed by atoms with Gasteiger partial charge in [-0.2, -0.15) is 0 Å². The van der Waals surface area contributed by atoms with Gasteiger partial charge in [0.15, 0.2) is 5.96 Å². The van der Waals surface area contributed by atoms with E-state index in [2.05, 4.69) is 41.0 Å². The summed E-state index contributed by atoms with van der Waals surface area (Å²) < 4.78 is 5.50. The van der Waals surface area contributed by atoms with Crippen molar-refractivity contribution in [2.45, 2.75) is 31.8 Å². The van der Waals surface area contributed by atoms with Crippen molar-refractivity contribution in [3.05, 3.63) is 35.4 Å². The van der Waals surface area contributed by atoms with E-state index in [-0.39, 0.29) is 6.04 Å². The van der Waals surface area contributed by atoms with E-state index >= 15 is 0 Å². The number of aliphatic imine (C=N–C) groups is 1. The molecule has 1 aliphatic heterocycles. The molecular formula is C18H28N4O. The van der Waals surface area contributed by atoms with Gasteiger partial charge in [-0.25, -0.2) is 0 Å². The number of rotatable bonds is 5. The lowest BCUT2D eigenvalue weighted by Crippen LogP contribution is -2.41. The molecule has 23 heavy (non-hydrogen) atoms. The number of ether oxygens (including phenoxy) is 1. The second-order valence-corrected chi connectivity index (χ2v) is 6.62. The second kappa shape index (κ2) is 7.32. The third-order valence-corrected chi connectivity index (χ3v) is 4.83. The van der Waals surface area contributed by atoms with Gasteiger partial charge in [-0.3, -0.25) is 9.89 Å². The van der Waals surface area contributed by atoms with E-state index in [0.29, 0.717) is 18.5 Å². The van der Waals surface area contributed by atoms with Crippen LogP contribution in [0.1, 0.15) is 30.0 Å². The molecule has 5 heteroatoms. The zero-order chi connectivity index (χ0) is 16.2. The van der Waals surface area contributed by atoms with Crippen LogP contribution in [-0.2, 0) is 4.74 Å². The van der Waals surface area contributed by atoms with Crippen molar-refractivity contribution >= 4 is 5.96 Å². The molecule has 3 rings (SSSR count). The minimum Gasteiger partial charge on any atom is -0.379 e. The summed E-state index contributed by atoms with van der Waals surface area (Å²) in [6.45, 7) is 6.31. The van der Waals surface area contributed by atoms with Gasteiger partial charge in [0, 0.05) is 26.2 Å². The third-order valence-electron chi connectivity index (χ3n) is 4.83. The Labute approximate surface area is 139 Å². The predicted octanol–water partition coefficient (Wildman–Crippen LogP) is 1.78. The second-order valence-electron chi connectivity index (χ2n) is 6.62. The van der Waals surface area contributed by atoms with Gasteiger partial charge in [0.1, 0.15) is 0 Å². The molecule has 5 nitrogen and oxygen atoms in total. The molecule has 0 amide bonds. The molecule has 0 radical (unpaired) electrons. The van der Waals surface area contributed by atoms with Gasteiger partial charge >= 0.3 is 0 Å². The molecule has 2 aliphatic rings. The normalized spacial score (nSPS) is 21.2. The van der Waals surface area contributed by atoms with Crippen molar-refractivity contribution in [2.75, 3.05) is 39.9 Å². The van der Waals surface area contributed by atoms with Crippen LogP contribution in [0.4, 0.5) is 0 Å². The van der Waals surface area contributed by atoms with E-state index < -0.39 is 0 Å². The summed E-state index contributed by atoms with van der Waals surface area (Å²) in [6.07, 6.45) is 2.47. The average molecular weight is 316 g/mol. The molecule has 1 unspecified atom stereocenters. The van der Waals surface area contributed by atoms with Gasteiger partial charge in [-0.15, -0.1) is 0 Å². The van der Waals surface area contributed by atoms with Gasteiger partial charge in [0.25, 0.3) is 0 Å². The van der Waals surface area contributed by atoms with E-state index in [1.807, 2.05) is 7.05 Å². The fourth-order valence-electron chi connectivity index (χ4n) is 3.05. The molecule has 2 N–H and O–H groups in total. The third kappa shape index (κ3) is 4.24. The number of hydrogen-bond acceptors (Lipinski definition) is 3. The van der Waals surface area contributed by atoms with Crippen LogP contribution in [0.2, 0.25) is 0 Å². The highest BCUT2D eigenvalue weighted by atomic mass is 16.5. The molecule has 0 spiro atoms. The number of benzene rings is 1. The summed E-state index contributed by atoms with van der Waals surface area (Å²) in [4.78, 5) is 9.27. The van der Waals surface area contributed by atoms with Crippen molar-refractivity contribution < 1.29 is 4.74 Å². The standard InChI is InChI=1S/C18H28N4O/c1-14-3-5-15(6-4-14)17(22-9-11-23-12-10-22)13-20-18(19)21(2)16-7-8-16/h3-6,16-17H,7-13H2,1-2H3,(H2,19,20). The molecule has 0 aromatic heterocycles. The zero-order valence-electron chi connectivity index (χ0n) is 14.2. The molecule has 126 valence electrons. The van der Waals surface area contributed by atoms with Gasteiger partial charge < -0.3 is 15.4 Å². The van der Waals surface area contributed by atoms with Gasteiger partial charge in [-0.1, -0.05) is 29.8 Å². The average Bonchev–Trinajstić information content (AvgIpc) is 3.41. The summed E-state index contributed by atoms with van der Waals surface area (Å²) in [5.74, 6) is 0.665. The van der Waals surface area contributed by atoms with Gasteiger partial charge in [0.05, 0.1) is 25.8 Å². The Morgan fingerprint density at radius 1 is 1.30 bits per heavy atom. The van der Waals surface area contributed by atoms with Gasteiger partial charge in [-0.05, 0) is 25.3 Å². The first-order chi connectivity index (χ1) is 11.1. The lowest BCUT2D eigenvalue weighted by molar-refractivity contribution is 0.0179. The van der Waals surface area contributed by atoms with Crippen LogP contribution in [0.25, 0.3) is 0 Å². The summed E-state index contributed by atoms with van der Waals surface area (Å²) >= 11 is 0. The Balaban J connectivity index is 1.73. The smallest absolute Gasteiger partial charge is 0.191 e. The molecule has 1 heterocycles. The topological polar surface area (TPSA) is 54.1 Å². The lowest BCUT2D eigenvalue weighted by Gasteiger charge is -2.34. The van der Waals surface area contributed by atoms with E-state index in [1.165, 1.54) is 24.0 Å². The van der Waals surface area contributed by atoms with Crippen LogP contribution in [0.5, 0.6) is 0 Å². The minimum atomic E-state index is 0.269. The van der Waals surface area contributed by atoms with E-state index in [1.54, 1.807) is 0 Å². The molecule has 1 atom stereocenters. The highest BCUT2D eigenvalue weighted by Crippen LogP contribution is 2.26. The van der Waals surface area contributed by atoms with Crippen LogP contribution >= 0.6 is 0 Å². The quantitative estimate of drug-likeness (QED) is 0.664. The van der Waals surface area contributed by atoms with E-state index in [0.717, 1.165) is 26.3 Å². The molecule has 1 saturated heterocycles. The Morgan fingerprint density at radius 3 is 2.57 bits per heavy atom. The number of nitrogens with two attached hydrogens (primary N) is 1. The van der Waals surface area contributed by atoms with E-state index in [4.69, 9.17) is 15.5 Å². The Hall–Kier alpha value is -1.59. The van der Waals surface area contributed by atoms with Crippen LogP contribution in [0.15, 0.2) is 29.3 Å². The molecule has 1 aromatic carbocycles. The number of aryl methyl sites for hydroxylation is 1. The number of guanidine groups is 1. The molecule has 1 aromatic rings. The minimum absolute atomic E-state index is 0.269. The van der Waals surface area contributed by atoms with Crippen LogP contribution in [0.3, 0.4) is 0 Å². The monoisotopic (exact) mass is 316 g/mol. The predicted molar refractivity (Wildman–Crippen MR) is 93.6 cm³/mol. The fourth-order valence-corrected chi connectivity index (χ4v) is 3.05. The maximum atomic E-state index is 6.17. The Morgan fingerprint density at radius 2 is 1.96 bits per heavy atom. The summed E-state index contributed by atoms with van der Waals surface area (Å²) in [5, 5.41) is 0. The summed E-state index contributed by atoms with van der Waals surface area (Å²) in [5.41, 5.74) is 8.76. The summed E-state index contributed by atoms with van der Waals surface area (Å²) in [7, 11) is 2.05. The number of nitrogens with zero attached hydrogens (tertiary/aromatic N) is 3. The first-order valence-electron chi connectivity index (χ1n) is 8.56.